The van der Waals surface area contributed by atoms with Crippen LogP contribution in [0.2, 0.25) is 0 Å². The van der Waals surface area contributed by atoms with Crippen LogP contribution in [0.1, 0.15) is 22.3 Å². The summed E-state index contributed by atoms with van der Waals surface area (Å²) in [6.07, 6.45) is 0. The van der Waals surface area contributed by atoms with Gasteiger partial charge in [-0.05, 0) is 24.8 Å². The molecule has 100 valence electrons. The molecular formula is C14H15NO2S2. The Bertz CT molecular complexity index is 576. The molecule has 0 radical (unpaired) electrons. The molecule has 0 unspecified atom stereocenters. The fourth-order valence-corrected chi connectivity index (χ4v) is 3.31. The number of esters is 1. The molecule has 2 aromatic rings. The van der Waals surface area contributed by atoms with E-state index in [1.807, 2.05) is 19.1 Å². The normalized spacial score (nSPS) is 10.5. The highest BCUT2D eigenvalue weighted by Crippen LogP contribution is 2.29. The Morgan fingerprint density at radius 2 is 2.05 bits per heavy atom. The van der Waals surface area contributed by atoms with Gasteiger partial charge in [0.2, 0.25) is 0 Å². The van der Waals surface area contributed by atoms with Gasteiger partial charge in [-0.1, -0.05) is 19.1 Å². The van der Waals surface area contributed by atoms with E-state index in [0.29, 0.717) is 4.88 Å². The number of nitrogens with zero attached hydrogens (tertiary/aromatic N) is 1. The van der Waals surface area contributed by atoms with Crippen molar-refractivity contribution in [2.75, 3.05) is 12.9 Å². The summed E-state index contributed by atoms with van der Waals surface area (Å²) in [5.41, 5.74) is 1.75. The van der Waals surface area contributed by atoms with Gasteiger partial charge in [-0.15, -0.1) is 23.1 Å². The summed E-state index contributed by atoms with van der Waals surface area (Å²) in [5.74, 6) is 0.738. The van der Waals surface area contributed by atoms with Gasteiger partial charge in [0, 0.05) is 10.5 Å². The Labute approximate surface area is 121 Å². The summed E-state index contributed by atoms with van der Waals surface area (Å²) in [7, 11) is 1.39. The van der Waals surface area contributed by atoms with E-state index in [1.54, 1.807) is 11.8 Å². The highest BCUT2D eigenvalue weighted by atomic mass is 32.2. The van der Waals surface area contributed by atoms with Crippen molar-refractivity contribution >= 4 is 29.1 Å². The molecular weight excluding hydrogens is 278 g/mol. The molecule has 0 fully saturated rings. The van der Waals surface area contributed by atoms with Gasteiger partial charge in [-0.3, -0.25) is 0 Å². The lowest BCUT2D eigenvalue weighted by atomic mass is 10.2. The van der Waals surface area contributed by atoms with E-state index in [1.165, 1.54) is 23.3 Å². The number of hydrogen-bond donors (Lipinski definition) is 0. The number of aromatic nitrogens is 1. The average Bonchev–Trinajstić information content (AvgIpc) is 2.81. The number of rotatable bonds is 4. The number of thiazole rings is 1. The Kier molecular flexibility index (Phi) is 4.61. The van der Waals surface area contributed by atoms with Crippen LogP contribution in [0.4, 0.5) is 0 Å². The van der Waals surface area contributed by atoms with Gasteiger partial charge in [0.15, 0.2) is 0 Å². The molecule has 0 atom stereocenters. The fraction of sp³-hybridized carbons (Fsp3) is 0.286. The van der Waals surface area contributed by atoms with Crippen LogP contribution >= 0.6 is 23.1 Å². The van der Waals surface area contributed by atoms with Crippen molar-refractivity contribution in [1.82, 2.24) is 4.98 Å². The number of ether oxygens (including phenoxy) is 1. The van der Waals surface area contributed by atoms with Crippen molar-refractivity contribution in [3.05, 3.63) is 34.8 Å². The van der Waals surface area contributed by atoms with Crippen molar-refractivity contribution in [1.29, 1.82) is 0 Å². The molecule has 3 nitrogen and oxygen atoms in total. The summed E-state index contributed by atoms with van der Waals surface area (Å²) in [4.78, 5) is 17.8. The predicted molar refractivity (Wildman–Crippen MR) is 80.0 cm³/mol. The van der Waals surface area contributed by atoms with Crippen LogP contribution in [-0.4, -0.2) is 23.8 Å². The van der Waals surface area contributed by atoms with Crippen molar-refractivity contribution < 1.29 is 9.53 Å². The van der Waals surface area contributed by atoms with E-state index in [4.69, 9.17) is 4.74 Å². The second-order valence-corrected chi connectivity index (χ2v) is 6.22. The maximum atomic E-state index is 11.6. The fourth-order valence-electron chi connectivity index (χ4n) is 1.66. The lowest BCUT2D eigenvalue weighted by Gasteiger charge is -1.99. The molecule has 0 aliphatic carbocycles. The first kappa shape index (κ1) is 14.1. The molecule has 5 heteroatoms. The first-order valence-corrected chi connectivity index (χ1v) is 7.75. The summed E-state index contributed by atoms with van der Waals surface area (Å²) >= 11 is 3.18. The third-order valence-corrected chi connectivity index (χ3v) is 4.66. The van der Waals surface area contributed by atoms with Crippen LogP contribution in [-0.2, 0) is 4.74 Å². The minimum Gasteiger partial charge on any atom is -0.465 e. The zero-order chi connectivity index (χ0) is 13.8. The maximum Gasteiger partial charge on any atom is 0.349 e. The number of carbonyl (C=O) groups is 1. The molecule has 0 saturated heterocycles. The third kappa shape index (κ3) is 3.16. The Morgan fingerprint density at radius 1 is 1.37 bits per heavy atom. The van der Waals surface area contributed by atoms with Gasteiger partial charge in [0.05, 0.1) is 12.8 Å². The topological polar surface area (TPSA) is 39.2 Å². The molecule has 0 N–H and O–H groups in total. The van der Waals surface area contributed by atoms with Crippen molar-refractivity contribution in [3.8, 4) is 10.6 Å². The minimum absolute atomic E-state index is 0.320. The summed E-state index contributed by atoms with van der Waals surface area (Å²) in [5, 5.41) is 0.853. The summed E-state index contributed by atoms with van der Waals surface area (Å²) in [6, 6.07) is 8.24. The van der Waals surface area contributed by atoms with Crippen LogP contribution in [0.15, 0.2) is 29.2 Å². The van der Waals surface area contributed by atoms with Gasteiger partial charge < -0.3 is 4.74 Å². The molecule has 2 rings (SSSR count). The zero-order valence-electron chi connectivity index (χ0n) is 11.1. The van der Waals surface area contributed by atoms with Crippen molar-refractivity contribution in [2.24, 2.45) is 0 Å². The zero-order valence-corrected chi connectivity index (χ0v) is 12.7. The SMILES string of the molecule is CCSc1ccc(-c2nc(C)c(C(=O)OC)s2)cc1. The lowest BCUT2D eigenvalue weighted by Crippen LogP contribution is -1.99. The molecule has 1 aromatic heterocycles. The second-order valence-electron chi connectivity index (χ2n) is 3.88. The van der Waals surface area contributed by atoms with Gasteiger partial charge in [-0.2, -0.15) is 0 Å². The van der Waals surface area contributed by atoms with Gasteiger partial charge in [-0.25, -0.2) is 9.78 Å². The van der Waals surface area contributed by atoms with Gasteiger partial charge >= 0.3 is 5.97 Å². The maximum absolute atomic E-state index is 11.6. The number of carbonyl (C=O) groups excluding carboxylic acids is 1. The molecule has 0 aliphatic heterocycles. The van der Waals surface area contributed by atoms with Gasteiger partial charge in [0.25, 0.3) is 0 Å². The minimum atomic E-state index is -0.320. The quantitative estimate of drug-likeness (QED) is 0.630. The molecule has 0 saturated carbocycles. The van der Waals surface area contributed by atoms with Crippen LogP contribution in [0.5, 0.6) is 0 Å². The van der Waals surface area contributed by atoms with Crippen LogP contribution in [0, 0.1) is 6.92 Å². The number of benzene rings is 1. The molecule has 1 heterocycles. The first-order chi connectivity index (χ1) is 9.15. The number of thioether (sulfide) groups is 1. The molecule has 19 heavy (non-hydrogen) atoms. The van der Waals surface area contributed by atoms with Crippen LogP contribution < -0.4 is 0 Å². The highest BCUT2D eigenvalue weighted by molar-refractivity contribution is 7.99. The monoisotopic (exact) mass is 293 g/mol. The Hall–Kier alpha value is -1.33. The predicted octanol–water partition coefficient (Wildman–Crippen LogP) is 4.02. The average molecular weight is 293 g/mol. The smallest absolute Gasteiger partial charge is 0.349 e. The van der Waals surface area contributed by atoms with E-state index in [2.05, 4.69) is 24.0 Å². The molecule has 0 spiro atoms. The van der Waals surface area contributed by atoms with Crippen molar-refractivity contribution in [2.45, 2.75) is 18.7 Å². The lowest BCUT2D eigenvalue weighted by molar-refractivity contribution is 0.0605. The van der Waals surface area contributed by atoms with Crippen LogP contribution in [0.3, 0.4) is 0 Å². The Morgan fingerprint density at radius 3 is 2.63 bits per heavy atom. The molecule has 0 aliphatic rings. The number of hydrogen-bond acceptors (Lipinski definition) is 5. The molecule has 0 amide bonds. The Balaban J connectivity index is 2.29. The van der Waals surface area contributed by atoms with E-state index in [-0.39, 0.29) is 5.97 Å². The van der Waals surface area contributed by atoms with Crippen LogP contribution in [0.25, 0.3) is 10.6 Å². The molecule has 1 aromatic carbocycles. The number of methoxy groups -OCH3 is 1. The standard InChI is InChI=1S/C14H15NO2S2/c1-4-18-11-7-5-10(6-8-11)13-15-9(2)12(19-13)14(16)17-3/h5-8H,4H2,1-3H3. The van der Waals surface area contributed by atoms with Gasteiger partial charge in [0.1, 0.15) is 9.88 Å². The largest absolute Gasteiger partial charge is 0.465 e. The van der Waals surface area contributed by atoms with E-state index >= 15 is 0 Å². The summed E-state index contributed by atoms with van der Waals surface area (Å²) in [6.45, 7) is 3.96. The highest BCUT2D eigenvalue weighted by Gasteiger charge is 2.16. The van der Waals surface area contributed by atoms with E-state index in [0.717, 1.165) is 22.0 Å². The summed E-state index contributed by atoms with van der Waals surface area (Å²) < 4.78 is 4.75. The third-order valence-electron chi connectivity index (χ3n) is 2.58. The molecule has 0 bridgehead atoms. The second kappa shape index (κ2) is 6.21. The number of aryl methyl sites for hydroxylation is 1. The van der Waals surface area contributed by atoms with E-state index in [9.17, 15) is 4.79 Å². The first-order valence-electron chi connectivity index (χ1n) is 5.94. The van der Waals surface area contributed by atoms with Crippen molar-refractivity contribution in [3.63, 3.8) is 0 Å². The van der Waals surface area contributed by atoms with E-state index < -0.39 is 0 Å².